The highest BCUT2D eigenvalue weighted by molar-refractivity contribution is 5.64. The molecule has 0 aliphatic carbocycles. The van der Waals surface area contributed by atoms with Gasteiger partial charge in [0, 0.05) is 37.9 Å². The highest BCUT2D eigenvalue weighted by Crippen LogP contribution is 2.23. The van der Waals surface area contributed by atoms with E-state index in [0.29, 0.717) is 12.5 Å². The van der Waals surface area contributed by atoms with Crippen molar-refractivity contribution in [1.29, 1.82) is 0 Å². The Balaban J connectivity index is 1.62. The maximum Gasteiger partial charge on any atom is 0.224 e. The molecule has 0 unspecified atom stereocenters. The molecule has 1 aliphatic rings. The number of benzene rings is 1. The number of aromatic nitrogens is 2. The molecule has 1 aromatic heterocycles. The molecule has 6 nitrogen and oxygen atoms in total. The fraction of sp³-hybridized carbons (Fsp3) is 0.222. The quantitative estimate of drug-likeness (QED) is 0.831. The predicted molar refractivity (Wildman–Crippen MR) is 98.9 cm³/mol. The van der Waals surface area contributed by atoms with Crippen LogP contribution in [0.2, 0.25) is 0 Å². The zero-order valence-electron chi connectivity index (χ0n) is 13.5. The van der Waals surface area contributed by atoms with Crippen LogP contribution >= 0.6 is 0 Å². The molecule has 122 valence electrons. The fourth-order valence-corrected chi connectivity index (χ4v) is 2.64. The van der Waals surface area contributed by atoms with E-state index in [-0.39, 0.29) is 0 Å². The van der Waals surface area contributed by atoms with Gasteiger partial charge in [-0.05, 0) is 30.3 Å². The highest BCUT2D eigenvalue weighted by Gasteiger charge is 2.17. The van der Waals surface area contributed by atoms with Crippen LogP contribution < -0.4 is 10.2 Å². The van der Waals surface area contributed by atoms with E-state index in [1.807, 2.05) is 6.07 Å². The average Bonchev–Trinajstić information content (AvgIpc) is 2.64. The van der Waals surface area contributed by atoms with Crippen LogP contribution in [-0.2, 0) is 13.0 Å². The summed E-state index contributed by atoms with van der Waals surface area (Å²) in [5.41, 5.74) is 2.80. The van der Waals surface area contributed by atoms with Gasteiger partial charge in [0.05, 0.1) is 6.54 Å². The molecule has 6 heteroatoms. The average molecular weight is 320 g/mol. The normalized spacial score (nSPS) is 14.1. The van der Waals surface area contributed by atoms with Crippen molar-refractivity contribution in [3.8, 4) is 0 Å². The summed E-state index contributed by atoms with van der Waals surface area (Å²) in [7, 11) is 0. The summed E-state index contributed by atoms with van der Waals surface area (Å²) in [6.45, 7) is 5.74. The summed E-state index contributed by atoms with van der Waals surface area (Å²) in [6.07, 6.45) is 7.66. The van der Waals surface area contributed by atoms with Crippen LogP contribution in [0.4, 0.5) is 11.8 Å². The lowest BCUT2D eigenvalue weighted by Crippen LogP contribution is -2.31. The molecule has 0 radical (unpaired) electrons. The summed E-state index contributed by atoms with van der Waals surface area (Å²) < 4.78 is 0. The Kier molecular flexibility index (Phi) is 5.29. The van der Waals surface area contributed by atoms with Crippen molar-refractivity contribution < 1.29 is 0 Å². The lowest BCUT2D eigenvalue weighted by molar-refractivity contribution is 0.720. The van der Waals surface area contributed by atoms with Crippen molar-refractivity contribution in [3.05, 3.63) is 60.1 Å². The Labute approximate surface area is 141 Å². The summed E-state index contributed by atoms with van der Waals surface area (Å²) in [5, 5.41) is 3.14. The number of fused-ring (bicyclic) bond motifs is 1. The monoisotopic (exact) mass is 320 g/mol. The first-order valence-electron chi connectivity index (χ1n) is 7.88. The van der Waals surface area contributed by atoms with Crippen molar-refractivity contribution in [2.45, 2.75) is 13.0 Å². The maximum atomic E-state index is 4.60. The smallest absolute Gasteiger partial charge is 0.224 e. The molecule has 1 N–H and O–H groups in total. The Morgan fingerprint density at radius 3 is 2.96 bits per heavy atom. The summed E-state index contributed by atoms with van der Waals surface area (Å²) in [5.74, 6) is 1.54. The van der Waals surface area contributed by atoms with Crippen molar-refractivity contribution in [2.24, 2.45) is 9.98 Å². The highest BCUT2D eigenvalue weighted by atomic mass is 15.2. The Hall–Kier alpha value is -3.02. The van der Waals surface area contributed by atoms with Crippen LogP contribution in [-0.4, -0.2) is 36.0 Å². The van der Waals surface area contributed by atoms with E-state index in [1.165, 1.54) is 17.3 Å². The first kappa shape index (κ1) is 15.9. The van der Waals surface area contributed by atoms with E-state index >= 15 is 0 Å². The molecule has 24 heavy (non-hydrogen) atoms. The van der Waals surface area contributed by atoms with Gasteiger partial charge in [0.1, 0.15) is 5.82 Å². The zero-order chi connectivity index (χ0) is 16.6. The summed E-state index contributed by atoms with van der Waals surface area (Å²) in [6, 6.07) is 10.5. The lowest BCUT2D eigenvalue weighted by atomic mass is 10.00. The number of nitrogens with zero attached hydrogens (tertiary/aromatic N) is 5. The Morgan fingerprint density at radius 2 is 2.08 bits per heavy atom. The molecule has 0 bridgehead atoms. The largest absolute Gasteiger partial charge is 0.352 e. The lowest BCUT2D eigenvalue weighted by Gasteiger charge is -2.29. The first-order valence-corrected chi connectivity index (χ1v) is 7.88. The second-order valence-electron chi connectivity index (χ2n) is 5.37. The minimum atomic E-state index is 0.549. The number of rotatable bonds is 6. The SMILES string of the molecule is C=N/C=C\N=CCNc1nccc(N2CCc3ccccc3C2)n1. The van der Waals surface area contributed by atoms with Crippen LogP contribution in [0.1, 0.15) is 11.1 Å². The van der Waals surface area contributed by atoms with E-state index in [2.05, 4.69) is 61.2 Å². The molecule has 1 aliphatic heterocycles. The molecule has 0 fully saturated rings. The third kappa shape index (κ3) is 4.04. The minimum absolute atomic E-state index is 0.549. The molecular formula is C18H20N6. The van der Waals surface area contributed by atoms with Gasteiger partial charge in [0.15, 0.2) is 0 Å². The van der Waals surface area contributed by atoms with E-state index in [1.54, 1.807) is 18.6 Å². The maximum absolute atomic E-state index is 4.60. The van der Waals surface area contributed by atoms with E-state index in [0.717, 1.165) is 25.3 Å². The van der Waals surface area contributed by atoms with Gasteiger partial charge in [-0.25, -0.2) is 4.98 Å². The van der Waals surface area contributed by atoms with Crippen molar-refractivity contribution in [1.82, 2.24) is 9.97 Å². The number of hydrogen-bond acceptors (Lipinski definition) is 6. The molecule has 3 rings (SSSR count). The molecule has 0 saturated heterocycles. The summed E-state index contributed by atoms with van der Waals surface area (Å²) in [4.78, 5) is 18.8. The minimum Gasteiger partial charge on any atom is -0.352 e. The van der Waals surface area contributed by atoms with Gasteiger partial charge in [0.2, 0.25) is 5.95 Å². The van der Waals surface area contributed by atoms with E-state index in [9.17, 15) is 0 Å². The second-order valence-corrected chi connectivity index (χ2v) is 5.37. The van der Waals surface area contributed by atoms with Crippen LogP contribution in [0, 0.1) is 0 Å². The first-order chi connectivity index (χ1) is 11.9. The fourth-order valence-electron chi connectivity index (χ4n) is 2.64. The standard InChI is InChI=1S/C18H20N6/c1-19-9-10-20-11-12-22-18-21-8-6-17(23-18)24-13-7-15-4-2-3-5-16(15)14-24/h2-6,8-11H,1,7,12-14H2,(H,21,22,23)/b10-9-,20-11?. The Morgan fingerprint density at radius 1 is 1.21 bits per heavy atom. The van der Waals surface area contributed by atoms with Crippen LogP contribution in [0.5, 0.6) is 0 Å². The van der Waals surface area contributed by atoms with Gasteiger partial charge >= 0.3 is 0 Å². The molecule has 2 aromatic rings. The molecule has 1 aromatic carbocycles. The molecule has 0 atom stereocenters. The Bertz CT molecular complexity index is 753. The predicted octanol–water partition coefficient (Wildman–Crippen LogP) is 2.69. The van der Waals surface area contributed by atoms with E-state index < -0.39 is 0 Å². The van der Waals surface area contributed by atoms with Crippen molar-refractivity contribution >= 4 is 24.7 Å². The van der Waals surface area contributed by atoms with Crippen molar-refractivity contribution in [3.63, 3.8) is 0 Å². The molecular weight excluding hydrogens is 300 g/mol. The van der Waals surface area contributed by atoms with E-state index in [4.69, 9.17) is 0 Å². The van der Waals surface area contributed by atoms with Crippen LogP contribution in [0.15, 0.2) is 58.9 Å². The number of anilines is 2. The summed E-state index contributed by atoms with van der Waals surface area (Å²) >= 11 is 0. The number of aliphatic imine (C=N–C) groups is 2. The third-order valence-electron chi connectivity index (χ3n) is 3.81. The number of nitrogens with one attached hydrogen (secondary N) is 1. The second kappa shape index (κ2) is 8.01. The van der Waals surface area contributed by atoms with Crippen LogP contribution in [0.3, 0.4) is 0 Å². The molecule has 0 spiro atoms. The number of hydrogen-bond donors (Lipinski definition) is 1. The molecule has 0 amide bonds. The van der Waals surface area contributed by atoms with Gasteiger partial charge in [-0.3, -0.25) is 9.98 Å². The van der Waals surface area contributed by atoms with Gasteiger partial charge in [-0.1, -0.05) is 24.3 Å². The third-order valence-corrected chi connectivity index (χ3v) is 3.81. The molecule has 2 heterocycles. The van der Waals surface area contributed by atoms with Gasteiger partial charge in [-0.2, -0.15) is 4.98 Å². The molecule has 0 saturated carbocycles. The van der Waals surface area contributed by atoms with Gasteiger partial charge in [-0.15, -0.1) is 0 Å². The zero-order valence-corrected chi connectivity index (χ0v) is 13.5. The van der Waals surface area contributed by atoms with Crippen LogP contribution in [0.25, 0.3) is 0 Å². The van der Waals surface area contributed by atoms with Gasteiger partial charge < -0.3 is 10.2 Å². The van der Waals surface area contributed by atoms with Gasteiger partial charge in [0.25, 0.3) is 0 Å². The van der Waals surface area contributed by atoms with Crippen molar-refractivity contribution in [2.75, 3.05) is 23.3 Å². The topological polar surface area (TPSA) is 65.8 Å².